The molecule has 0 saturated heterocycles. The van der Waals surface area contributed by atoms with Crippen LogP contribution in [0.25, 0.3) is 0 Å². The van der Waals surface area contributed by atoms with Crippen LogP contribution >= 0.6 is 0 Å². The quantitative estimate of drug-likeness (QED) is 0.715. The molecule has 80 valence electrons. The van der Waals surface area contributed by atoms with E-state index in [1.165, 1.54) is 11.1 Å². The average molecular weight is 201 g/mol. The van der Waals surface area contributed by atoms with E-state index in [1.807, 2.05) is 24.3 Å². The van der Waals surface area contributed by atoms with Crippen molar-refractivity contribution in [3.05, 3.63) is 47.5 Å². The molecule has 0 aliphatic heterocycles. The van der Waals surface area contributed by atoms with Crippen LogP contribution < -0.4 is 0 Å². The molecule has 1 N–H and O–H groups in total. The summed E-state index contributed by atoms with van der Waals surface area (Å²) in [6, 6.07) is 10.2. The fraction of sp³-hybridized carbons (Fsp3) is 0.357. The van der Waals surface area contributed by atoms with Gasteiger partial charge < -0.3 is 5.41 Å². The van der Waals surface area contributed by atoms with Crippen molar-refractivity contribution in [2.24, 2.45) is 5.92 Å². The molecule has 1 aromatic carbocycles. The maximum Gasteiger partial charge on any atom is 0.0357 e. The smallest absolute Gasteiger partial charge is 0.0357 e. The molecule has 1 aromatic rings. The third-order valence-corrected chi connectivity index (χ3v) is 2.55. The number of allylic oxidation sites excluding steroid dienone is 2. The van der Waals surface area contributed by atoms with E-state index in [9.17, 15) is 0 Å². The van der Waals surface area contributed by atoms with Gasteiger partial charge in [0.15, 0.2) is 0 Å². The highest BCUT2D eigenvalue weighted by molar-refractivity contribution is 5.94. The molecule has 15 heavy (non-hydrogen) atoms. The Balaban J connectivity index is 2.61. The highest BCUT2D eigenvalue weighted by atomic mass is 14.4. The van der Waals surface area contributed by atoms with Gasteiger partial charge in [-0.3, -0.25) is 0 Å². The second kappa shape index (κ2) is 5.50. The van der Waals surface area contributed by atoms with Gasteiger partial charge in [0.2, 0.25) is 0 Å². The SMILES string of the molecule is C/C(=C\C(=N)Cc1ccccc1)C(C)C. The molecule has 1 nitrogen and oxygen atoms in total. The van der Waals surface area contributed by atoms with Gasteiger partial charge in [0, 0.05) is 12.1 Å². The zero-order valence-electron chi connectivity index (χ0n) is 9.75. The van der Waals surface area contributed by atoms with Crippen molar-refractivity contribution in [2.75, 3.05) is 0 Å². The predicted octanol–water partition coefficient (Wildman–Crippen LogP) is 3.85. The van der Waals surface area contributed by atoms with Gasteiger partial charge in [0.05, 0.1) is 0 Å². The largest absolute Gasteiger partial charge is 0.305 e. The van der Waals surface area contributed by atoms with E-state index < -0.39 is 0 Å². The van der Waals surface area contributed by atoms with Crippen LogP contribution in [0.1, 0.15) is 26.3 Å². The van der Waals surface area contributed by atoms with Crippen LogP contribution in [-0.4, -0.2) is 5.71 Å². The van der Waals surface area contributed by atoms with E-state index in [0.29, 0.717) is 11.6 Å². The first-order valence-corrected chi connectivity index (χ1v) is 5.39. The van der Waals surface area contributed by atoms with Crippen molar-refractivity contribution in [3.63, 3.8) is 0 Å². The summed E-state index contributed by atoms with van der Waals surface area (Å²) in [5.41, 5.74) is 3.17. The first-order chi connectivity index (χ1) is 7.09. The van der Waals surface area contributed by atoms with Gasteiger partial charge in [-0.05, 0) is 24.5 Å². The van der Waals surface area contributed by atoms with Crippen molar-refractivity contribution >= 4 is 5.71 Å². The van der Waals surface area contributed by atoms with Crippen LogP contribution in [0.3, 0.4) is 0 Å². The minimum atomic E-state index is 0.529. The zero-order valence-corrected chi connectivity index (χ0v) is 9.75. The lowest BCUT2D eigenvalue weighted by atomic mass is 10.0. The average Bonchev–Trinajstić information content (AvgIpc) is 2.18. The first-order valence-electron chi connectivity index (χ1n) is 5.39. The van der Waals surface area contributed by atoms with Gasteiger partial charge in [0.1, 0.15) is 0 Å². The second-order valence-corrected chi connectivity index (χ2v) is 4.23. The summed E-state index contributed by atoms with van der Waals surface area (Å²) in [5, 5.41) is 7.87. The van der Waals surface area contributed by atoms with Crippen LogP contribution in [0.5, 0.6) is 0 Å². The van der Waals surface area contributed by atoms with E-state index in [0.717, 1.165) is 6.42 Å². The lowest BCUT2D eigenvalue weighted by molar-refractivity contribution is 0.770. The molecule has 1 rings (SSSR count). The number of hydrogen-bond donors (Lipinski definition) is 1. The molecule has 0 amide bonds. The van der Waals surface area contributed by atoms with Crippen molar-refractivity contribution in [2.45, 2.75) is 27.2 Å². The summed E-state index contributed by atoms with van der Waals surface area (Å²) in [6.07, 6.45) is 2.71. The molecule has 0 aliphatic carbocycles. The normalized spacial score (nSPS) is 11.9. The Labute approximate surface area is 92.3 Å². The van der Waals surface area contributed by atoms with E-state index in [4.69, 9.17) is 5.41 Å². The van der Waals surface area contributed by atoms with Crippen molar-refractivity contribution in [1.29, 1.82) is 5.41 Å². The maximum atomic E-state index is 7.87. The van der Waals surface area contributed by atoms with Gasteiger partial charge in [-0.1, -0.05) is 49.8 Å². The minimum absolute atomic E-state index is 0.529. The fourth-order valence-corrected chi connectivity index (χ4v) is 1.31. The molecule has 0 bridgehead atoms. The van der Waals surface area contributed by atoms with Gasteiger partial charge in [0.25, 0.3) is 0 Å². The summed E-state index contributed by atoms with van der Waals surface area (Å²) in [5.74, 6) is 0.529. The lowest BCUT2D eigenvalue weighted by Crippen LogP contribution is -2.00. The first kappa shape index (κ1) is 11.7. The summed E-state index contributed by atoms with van der Waals surface area (Å²) in [6.45, 7) is 6.40. The summed E-state index contributed by atoms with van der Waals surface area (Å²) >= 11 is 0. The molecule has 0 spiro atoms. The molecular weight excluding hydrogens is 182 g/mol. The van der Waals surface area contributed by atoms with Crippen LogP contribution in [0, 0.1) is 11.3 Å². The Hall–Kier alpha value is -1.37. The van der Waals surface area contributed by atoms with Gasteiger partial charge in [-0.25, -0.2) is 0 Å². The maximum absolute atomic E-state index is 7.87. The Morgan fingerprint density at radius 1 is 1.27 bits per heavy atom. The molecule has 0 atom stereocenters. The number of benzene rings is 1. The lowest BCUT2D eigenvalue weighted by Gasteiger charge is -2.05. The molecule has 0 aliphatic rings. The molecule has 0 radical (unpaired) electrons. The van der Waals surface area contributed by atoms with Crippen molar-refractivity contribution in [3.8, 4) is 0 Å². The third kappa shape index (κ3) is 4.11. The highest BCUT2D eigenvalue weighted by Crippen LogP contribution is 2.09. The van der Waals surface area contributed by atoms with Crippen molar-refractivity contribution in [1.82, 2.24) is 0 Å². The Bertz CT molecular complexity index is 347. The fourth-order valence-electron chi connectivity index (χ4n) is 1.31. The van der Waals surface area contributed by atoms with Gasteiger partial charge >= 0.3 is 0 Å². The number of hydrogen-bond acceptors (Lipinski definition) is 1. The summed E-state index contributed by atoms with van der Waals surface area (Å²) in [7, 11) is 0. The minimum Gasteiger partial charge on any atom is -0.305 e. The zero-order chi connectivity index (χ0) is 11.3. The van der Waals surface area contributed by atoms with E-state index in [2.05, 4.69) is 32.9 Å². The van der Waals surface area contributed by atoms with E-state index in [-0.39, 0.29) is 0 Å². The van der Waals surface area contributed by atoms with Crippen LogP contribution in [0.4, 0.5) is 0 Å². The van der Waals surface area contributed by atoms with Crippen molar-refractivity contribution < 1.29 is 0 Å². The van der Waals surface area contributed by atoms with E-state index in [1.54, 1.807) is 0 Å². The molecule has 0 saturated carbocycles. The van der Waals surface area contributed by atoms with Gasteiger partial charge in [-0.15, -0.1) is 0 Å². The third-order valence-electron chi connectivity index (χ3n) is 2.55. The Morgan fingerprint density at radius 2 is 1.87 bits per heavy atom. The molecule has 0 aromatic heterocycles. The van der Waals surface area contributed by atoms with Crippen LogP contribution in [0.2, 0.25) is 0 Å². The number of nitrogens with one attached hydrogen (secondary N) is 1. The Morgan fingerprint density at radius 3 is 2.40 bits per heavy atom. The standard InChI is InChI=1S/C14H19N/c1-11(2)12(3)9-14(15)10-13-7-5-4-6-8-13/h4-9,11,15H,10H2,1-3H3/b12-9+,15-14?. The van der Waals surface area contributed by atoms with E-state index >= 15 is 0 Å². The highest BCUT2D eigenvalue weighted by Gasteiger charge is 1.99. The van der Waals surface area contributed by atoms with Crippen LogP contribution in [0.15, 0.2) is 42.0 Å². The molecule has 0 unspecified atom stereocenters. The topological polar surface area (TPSA) is 23.9 Å². The molecule has 1 heteroatoms. The molecule has 0 heterocycles. The predicted molar refractivity (Wildman–Crippen MR) is 66.5 cm³/mol. The molecule has 0 fully saturated rings. The summed E-state index contributed by atoms with van der Waals surface area (Å²) in [4.78, 5) is 0. The van der Waals surface area contributed by atoms with Crippen LogP contribution in [-0.2, 0) is 6.42 Å². The number of rotatable bonds is 4. The monoisotopic (exact) mass is 201 g/mol. The summed E-state index contributed by atoms with van der Waals surface area (Å²) < 4.78 is 0. The van der Waals surface area contributed by atoms with Gasteiger partial charge in [-0.2, -0.15) is 0 Å². The second-order valence-electron chi connectivity index (χ2n) is 4.23. The molecular formula is C14H19N. The Kier molecular flexibility index (Phi) is 4.29.